The minimum Gasteiger partial charge on any atom is -1.00 e. The molecule has 6 heteroatoms. The topological polar surface area (TPSA) is 44.8 Å². The largest absolute Gasteiger partial charge is 1.00 e. The molecule has 0 aromatic heterocycles. The quantitative estimate of drug-likeness (QED) is 0.555. The van der Waals surface area contributed by atoms with E-state index >= 15 is 0 Å². The first-order chi connectivity index (χ1) is 10.2. The van der Waals surface area contributed by atoms with Gasteiger partial charge < -0.3 is 15.6 Å². The number of carbonyl (C=O) groups is 1. The predicted molar refractivity (Wildman–Crippen MR) is 85.9 cm³/mol. The number of methoxy groups -OCH3 is 3. The van der Waals surface area contributed by atoms with E-state index in [4.69, 9.17) is 14.2 Å². The van der Waals surface area contributed by atoms with Crippen LogP contribution in [0.15, 0.2) is 42.5 Å². The molecular formula is C16H18LiO4P. The van der Waals surface area contributed by atoms with E-state index in [-0.39, 0.29) is 34.4 Å². The molecule has 1 unspecified atom stereocenters. The molecule has 0 aliphatic carbocycles. The van der Waals surface area contributed by atoms with Gasteiger partial charge in [0.1, 0.15) is 22.8 Å². The number of carbonyl (C=O) groups excluding carboxylic acids is 1. The van der Waals surface area contributed by atoms with Crippen LogP contribution in [0.5, 0.6) is 17.2 Å². The molecule has 0 aliphatic rings. The van der Waals surface area contributed by atoms with E-state index in [1.165, 1.54) is 14.2 Å². The van der Waals surface area contributed by atoms with Crippen molar-refractivity contribution in [1.82, 2.24) is 0 Å². The third-order valence-electron chi connectivity index (χ3n) is 2.97. The van der Waals surface area contributed by atoms with Crippen LogP contribution in [0.1, 0.15) is 11.8 Å². The summed E-state index contributed by atoms with van der Waals surface area (Å²) in [7, 11) is 4.62. The number of ether oxygens (including phenoxy) is 3. The van der Waals surface area contributed by atoms with Crippen molar-refractivity contribution < 1.29 is 39.3 Å². The third kappa shape index (κ3) is 4.27. The molecule has 0 fully saturated rings. The van der Waals surface area contributed by atoms with Gasteiger partial charge in [-0.15, -0.1) is 0 Å². The first kappa shape index (κ1) is 18.6. The van der Waals surface area contributed by atoms with Gasteiger partial charge in [-0.25, -0.2) is 0 Å². The second kappa shape index (κ2) is 8.85. The van der Waals surface area contributed by atoms with Crippen molar-refractivity contribution in [2.24, 2.45) is 0 Å². The average Bonchev–Trinajstić information content (AvgIpc) is 2.54. The molecule has 112 valence electrons. The smallest absolute Gasteiger partial charge is 1.00 e. The minimum absolute atomic E-state index is 0. The van der Waals surface area contributed by atoms with Crippen LogP contribution in [0.4, 0.5) is 0 Å². The molecule has 1 atom stereocenters. The molecule has 2 aromatic rings. The van der Waals surface area contributed by atoms with E-state index in [0.717, 1.165) is 5.30 Å². The van der Waals surface area contributed by atoms with Crippen molar-refractivity contribution in [3.05, 3.63) is 48.0 Å². The Balaban J connectivity index is 0.00000242. The van der Waals surface area contributed by atoms with Crippen LogP contribution in [0.25, 0.3) is 0 Å². The fourth-order valence-electron chi connectivity index (χ4n) is 1.94. The van der Waals surface area contributed by atoms with Crippen LogP contribution >= 0.6 is 8.58 Å². The van der Waals surface area contributed by atoms with E-state index in [0.29, 0.717) is 22.8 Å². The Hall–Kier alpha value is -1.46. The van der Waals surface area contributed by atoms with Gasteiger partial charge in [0.2, 0.25) is 0 Å². The van der Waals surface area contributed by atoms with Crippen molar-refractivity contribution in [2.75, 3.05) is 21.3 Å². The fourth-order valence-corrected chi connectivity index (χ4v) is 2.94. The molecule has 0 aliphatic heterocycles. The molecule has 4 nitrogen and oxygen atoms in total. The zero-order valence-electron chi connectivity index (χ0n) is 14.2. The van der Waals surface area contributed by atoms with Gasteiger partial charge in [0.25, 0.3) is 0 Å². The van der Waals surface area contributed by atoms with E-state index in [1.54, 1.807) is 19.2 Å². The summed E-state index contributed by atoms with van der Waals surface area (Å²) in [5, 5.41) is 0.974. The molecule has 0 saturated carbocycles. The Morgan fingerprint density at radius 1 is 0.955 bits per heavy atom. The monoisotopic (exact) mass is 312 g/mol. The first-order valence-corrected chi connectivity index (χ1v) is 7.36. The Kier molecular flexibility index (Phi) is 7.48. The molecule has 22 heavy (non-hydrogen) atoms. The maximum absolute atomic E-state index is 12.6. The summed E-state index contributed by atoms with van der Waals surface area (Å²) in [6.07, 6.45) is 0. The Morgan fingerprint density at radius 2 is 1.50 bits per heavy atom. The maximum atomic E-state index is 12.6. The summed E-state index contributed by atoms with van der Waals surface area (Å²) >= 11 is 0. The van der Waals surface area contributed by atoms with Crippen LogP contribution in [0.3, 0.4) is 0 Å². The molecule has 0 saturated heterocycles. The second-order valence-corrected chi connectivity index (χ2v) is 5.51. The summed E-state index contributed by atoms with van der Waals surface area (Å²) in [6.45, 7) is 0. The summed E-state index contributed by atoms with van der Waals surface area (Å²) in [4.78, 5) is 12.6. The van der Waals surface area contributed by atoms with E-state index in [9.17, 15) is 4.79 Å². The van der Waals surface area contributed by atoms with Crippen LogP contribution in [0.2, 0.25) is 0 Å². The molecule has 2 aromatic carbocycles. The van der Waals surface area contributed by atoms with Gasteiger partial charge in [0, 0.05) is 12.1 Å². The van der Waals surface area contributed by atoms with Crippen LogP contribution in [-0.4, -0.2) is 26.9 Å². The number of hydrogen-bond donors (Lipinski definition) is 0. The number of hydrogen-bond acceptors (Lipinski definition) is 4. The summed E-state index contributed by atoms with van der Waals surface area (Å²) < 4.78 is 15.8. The molecule has 0 spiro atoms. The molecule has 0 bridgehead atoms. The van der Waals surface area contributed by atoms with Crippen molar-refractivity contribution in [3.8, 4) is 17.2 Å². The SMILES string of the molecule is COc1cc(OC)c(C(=O)Pc2ccccc2)c(OC)c1.[H-].[Li+]. The van der Waals surface area contributed by atoms with E-state index < -0.39 is 0 Å². The molecular weight excluding hydrogens is 294 g/mol. The first-order valence-electron chi connectivity index (χ1n) is 6.36. The van der Waals surface area contributed by atoms with Gasteiger partial charge in [0.15, 0.2) is 5.52 Å². The molecule has 0 amide bonds. The summed E-state index contributed by atoms with van der Waals surface area (Å²) in [5.74, 6) is 1.50. The normalized spacial score (nSPS) is 10.1. The van der Waals surface area contributed by atoms with Crippen molar-refractivity contribution in [3.63, 3.8) is 0 Å². The predicted octanol–water partition coefficient (Wildman–Crippen LogP) is -0.0269. The molecule has 0 N–H and O–H groups in total. The Morgan fingerprint density at radius 3 is 1.95 bits per heavy atom. The average molecular weight is 312 g/mol. The van der Waals surface area contributed by atoms with Gasteiger partial charge >= 0.3 is 18.9 Å². The fraction of sp³-hybridized carbons (Fsp3) is 0.188. The summed E-state index contributed by atoms with van der Waals surface area (Å²) in [6, 6.07) is 13.0. The summed E-state index contributed by atoms with van der Waals surface area (Å²) in [5.41, 5.74) is 0.417. The van der Waals surface area contributed by atoms with Crippen molar-refractivity contribution >= 4 is 19.4 Å². The van der Waals surface area contributed by atoms with Gasteiger partial charge in [-0.1, -0.05) is 30.3 Å². The third-order valence-corrected chi connectivity index (χ3v) is 4.07. The standard InChI is InChI=1S/C16H17O4P.Li.H/c1-18-11-9-13(19-2)15(14(10-11)20-3)16(17)21-12-7-5-4-6-8-12;;/h4-10,21H,1-3H3;;/q;+1;-1. The maximum Gasteiger partial charge on any atom is 1.00 e. The van der Waals surface area contributed by atoms with Crippen LogP contribution < -0.4 is 38.4 Å². The minimum atomic E-state index is -0.0300. The molecule has 2 rings (SSSR count). The molecule has 0 heterocycles. The molecule has 0 radical (unpaired) electrons. The van der Waals surface area contributed by atoms with E-state index in [1.807, 2.05) is 30.3 Å². The Bertz CT molecular complexity index is 612. The zero-order valence-corrected chi connectivity index (χ0v) is 14.2. The van der Waals surface area contributed by atoms with Crippen LogP contribution in [0, 0.1) is 0 Å². The van der Waals surface area contributed by atoms with Crippen molar-refractivity contribution in [1.29, 1.82) is 0 Å². The van der Waals surface area contributed by atoms with Crippen molar-refractivity contribution in [2.45, 2.75) is 0 Å². The number of benzene rings is 2. The Labute approximate surface area is 145 Å². The van der Waals surface area contributed by atoms with E-state index in [2.05, 4.69) is 0 Å². The van der Waals surface area contributed by atoms with Gasteiger partial charge in [0.05, 0.1) is 21.3 Å². The van der Waals surface area contributed by atoms with Gasteiger partial charge in [-0.2, -0.15) is 0 Å². The zero-order chi connectivity index (χ0) is 15.2. The van der Waals surface area contributed by atoms with Crippen LogP contribution in [-0.2, 0) is 0 Å². The number of rotatable bonds is 6. The second-order valence-electron chi connectivity index (χ2n) is 4.23. The van der Waals surface area contributed by atoms with Gasteiger partial charge in [-0.3, -0.25) is 4.79 Å². The van der Waals surface area contributed by atoms with Gasteiger partial charge in [-0.05, 0) is 13.9 Å².